The van der Waals surface area contributed by atoms with Crippen LogP contribution in [0.15, 0.2) is 48.3 Å². The molecule has 0 unspecified atom stereocenters. The number of hydrogen-bond donors (Lipinski definition) is 0. The molecule has 7 heteroatoms. The van der Waals surface area contributed by atoms with Gasteiger partial charge in [-0.3, -0.25) is 0 Å². The Morgan fingerprint density at radius 3 is 2.52 bits per heavy atom. The third-order valence-electron chi connectivity index (χ3n) is 2.37. The van der Waals surface area contributed by atoms with Crippen LogP contribution in [0.1, 0.15) is 11.4 Å². The molecule has 110 valence electrons. The van der Waals surface area contributed by atoms with Gasteiger partial charge in [-0.05, 0) is 18.2 Å². The topological polar surface area (TPSA) is 36.7 Å². The molecule has 2 nitrogen and oxygen atoms in total. The zero-order chi connectivity index (χ0) is 16.0. The van der Waals surface area contributed by atoms with Crippen molar-refractivity contribution in [3.05, 3.63) is 59.7 Å². The van der Waals surface area contributed by atoms with E-state index in [0.29, 0.717) is 0 Å². The van der Waals surface area contributed by atoms with E-state index >= 15 is 0 Å². The summed E-state index contributed by atoms with van der Waals surface area (Å²) in [5.74, 6) is -1.00. The summed E-state index contributed by atoms with van der Waals surface area (Å²) in [6.45, 7) is 1.96. The number of halogens is 5. The molecule has 1 rings (SSSR count). The van der Waals surface area contributed by atoms with E-state index in [0.717, 1.165) is 24.3 Å². The first-order valence-electron chi connectivity index (χ1n) is 5.56. The minimum absolute atomic E-state index is 0.248. The minimum Gasteiger partial charge on any atom is -0.246 e. The van der Waals surface area contributed by atoms with E-state index < -0.39 is 29.9 Å². The van der Waals surface area contributed by atoms with Crippen LogP contribution in [0.4, 0.5) is 22.0 Å². The predicted octanol–water partition coefficient (Wildman–Crippen LogP) is 4.39. The summed E-state index contributed by atoms with van der Waals surface area (Å²) in [5.41, 5.74) is -2.16. The molecule has 1 aromatic rings. The summed E-state index contributed by atoms with van der Waals surface area (Å²) < 4.78 is 63.6. The molecule has 0 radical (unpaired) electrons. The molecule has 0 amide bonds. The second-order valence-corrected chi connectivity index (χ2v) is 3.84. The molecular weight excluding hydrogens is 291 g/mol. The maximum Gasteiger partial charge on any atom is 0.433 e. The third-order valence-corrected chi connectivity index (χ3v) is 2.37. The molecule has 0 bridgehead atoms. The van der Waals surface area contributed by atoms with Crippen LogP contribution in [0.25, 0.3) is 5.57 Å². The SMILES string of the molecule is C=C(C#N)/C(F)=C\C=C(/CF)c1cccc(C(F)(F)F)n1. The van der Waals surface area contributed by atoms with Gasteiger partial charge in [-0.1, -0.05) is 18.7 Å². The lowest BCUT2D eigenvalue weighted by molar-refractivity contribution is -0.141. The molecule has 0 saturated carbocycles. The van der Waals surface area contributed by atoms with Gasteiger partial charge in [-0.15, -0.1) is 0 Å². The minimum atomic E-state index is -4.66. The van der Waals surface area contributed by atoms with Crippen LogP contribution in [-0.4, -0.2) is 11.7 Å². The monoisotopic (exact) mass is 300 g/mol. The first-order valence-corrected chi connectivity index (χ1v) is 5.56. The summed E-state index contributed by atoms with van der Waals surface area (Å²) in [5, 5.41) is 8.41. The number of pyridine rings is 1. The molecule has 21 heavy (non-hydrogen) atoms. The van der Waals surface area contributed by atoms with Crippen LogP contribution < -0.4 is 0 Å². The van der Waals surface area contributed by atoms with E-state index in [4.69, 9.17) is 5.26 Å². The van der Waals surface area contributed by atoms with E-state index in [9.17, 15) is 22.0 Å². The molecule has 1 aromatic heterocycles. The van der Waals surface area contributed by atoms with Crippen molar-refractivity contribution in [2.45, 2.75) is 6.18 Å². The zero-order valence-corrected chi connectivity index (χ0v) is 10.6. The average Bonchev–Trinajstić information content (AvgIpc) is 2.46. The van der Waals surface area contributed by atoms with Crippen LogP contribution in [-0.2, 0) is 6.18 Å². The first-order chi connectivity index (χ1) is 9.79. The average molecular weight is 300 g/mol. The Kier molecular flexibility index (Phi) is 5.36. The van der Waals surface area contributed by atoms with Crippen molar-refractivity contribution in [3.8, 4) is 6.07 Å². The lowest BCUT2D eigenvalue weighted by atomic mass is 10.1. The van der Waals surface area contributed by atoms with Gasteiger partial charge in [-0.25, -0.2) is 13.8 Å². The lowest BCUT2D eigenvalue weighted by Gasteiger charge is -2.08. The number of allylic oxidation sites excluding steroid dienone is 5. The Balaban J connectivity index is 3.18. The first kappa shape index (κ1) is 16.6. The lowest BCUT2D eigenvalue weighted by Crippen LogP contribution is -2.09. The molecule has 0 aliphatic heterocycles. The van der Waals surface area contributed by atoms with E-state index in [-0.39, 0.29) is 11.3 Å². The fourth-order valence-corrected chi connectivity index (χ4v) is 1.30. The van der Waals surface area contributed by atoms with Crippen molar-refractivity contribution < 1.29 is 22.0 Å². The van der Waals surface area contributed by atoms with E-state index in [1.165, 1.54) is 12.1 Å². The van der Waals surface area contributed by atoms with E-state index in [1.807, 2.05) is 0 Å². The van der Waals surface area contributed by atoms with Crippen LogP contribution in [0.3, 0.4) is 0 Å². The van der Waals surface area contributed by atoms with Crippen molar-refractivity contribution in [1.82, 2.24) is 4.98 Å². The van der Waals surface area contributed by atoms with Gasteiger partial charge < -0.3 is 0 Å². The van der Waals surface area contributed by atoms with Gasteiger partial charge in [0.15, 0.2) is 0 Å². The van der Waals surface area contributed by atoms with Gasteiger partial charge in [-0.2, -0.15) is 18.4 Å². The maximum absolute atomic E-state index is 13.2. The third kappa shape index (κ3) is 4.53. The summed E-state index contributed by atoms with van der Waals surface area (Å²) in [4.78, 5) is 3.29. The molecule has 0 spiro atoms. The van der Waals surface area contributed by atoms with Crippen molar-refractivity contribution in [2.75, 3.05) is 6.67 Å². The number of aromatic nitrogens is 1. The molecule has 0 aliphatic rings. The van der Waals surface area contributed by atoms with Crippen LogP contribution in [0, 0.1) is 11.3 Å². The van der Waals surface area contributed by atoms with Crippen LogP contribution >= 0.6 is 0 Å². The standard InChI is InChI=1S/C14H9F5N2/c1-9(8-20)11(16)6-5-10(7-15)12-3-2-4-13(21-12)14(17,18)19/h2-6H,1,7H2/b10-5+,11-6+. The molecule has 0 N–H and O–H groups in total. The Hall–Kier alpha value is -2.49. The van der Waals surface area contributed by atoms with Crippen LogP contribution in [0.5, 0.6) is 0 Å². The number of alkyl halides is 4. The second-order valence-electron chi connectivity index (χ2n) is 3.84. The van der Waals surface area contributed by atoms with Gasteiger partial charge in [0.2, 0.25) is 0 Å². The van der Waals surface area contributed by atoms with Crippen LogP contribution in [0.2, 0.25) is 0 Å². The number of nitrogens with zero attached hydrogens (tertiary/aromatic N) is 2. The Bertz CT molecular complexity index is 635. The van der Waals surface area contributed by atoms with Gasteiger partial charge in [0, 0.05) is 5.57 Å². The van der Waals surface area contributed by atoms with Gasteiger partial charge in [0.1, 0.15) is 24.3 Å². The van der Waals surface area contributed by atoms with Crippen molar-refractivity contribution in [3.63, 3.8) is 0 Å². The molecule has 0 saturated heterocycles. The van der Waals surface area contributed by atoms with Crippen molar-refractivity contribution in [2.24, 2.45) is 0 Å². The van der Waals surface area contributed by atoms with Crippen molar-refractivity contribution >= 4 is 5.57 Å². The Morgan fingerprint density at radius 1 is 1.33 bits per heavy atom. The molecular formula is C14H9F5N2. The Morgan fingerprint density at radius 2 is 2.00 bits per heavy atom. The number of rotatable bonds is 4. The number of nitriles is 1. The van der Waals surface area contributed by atoms with Gasteiger partial charge >= 0.3 is 6.18 Å². The molecule has 0 atom stereocenters. The fourth-order valence-electron chi connectivity index (χ4n) is 1.30. The zero-order valence-electron chi connectivity index (χ0n) is 10.6. The summed E-state index contributed by atoms with van der Waals surface area (Å²) in [7, 11) is 0. The summed E-state index contributed by atoms with van der Waals surface area (Å²) in [6, 6.07) is 4.44. The van der Waals surface area contributed by atoms with Gasteiger partial charge in [0.25, 0.3) is 0 Å². The van der Waals surface area contributed by atoms with Gasteiger partial charge in [0.05, 0.1) is 11.3 Å². The molecule has 1 heterocycles. The molecule has 0 fully saturated rings. The van der Waals surface area contributed by atoms with E-state index in [1.54, 1.807) is 0 Å². The highest BCUT2D eigenvalue weighted by Crippen LogP contribution is 2.28. The highest BCUT2D eigenvalue weighted by Gasteiger charge is 2.32. The summed E-state index contributed by atoms with van der Waals surface area (Å²) in [6.07, 6.45) is -2.99. The summed E-state index contributed by atoms with van der Waals surface area (Å²) >= 11 is 0. The molecule has 0 aliphatic carbocycles. The predicted molar refractivity (Wildman–Crippen MR) is 67.1 cm³/mol. The largest absolute Gasteiger partial charge is 0.433 e. The fraction of sp³-hybridized carbons (Fsp3) is 0.143. The quantitative estimate of drug-likeness (QED) is 0.470. The highest BCUT2D eigenvalue weighted by atomic mass is 19.4. The normalized spacial score (nSPS) is 13.0. The molecule has 0 aromatic carbocycles. The smallest absolute Gasteiger partial charge is 0.246 e. The second kappa shape index (κ2) is 6.79. The maximum atomic E-state index is 13.2. The Labute approximate surface area is 117 Å². The van der Waals surface area contributed by atoms with E-state index in [2.05, 4.69) is 11.6 Å². The highest BCUT2D eigenvalue weighted by molar-refractivity contribution is 5.65. The van der Waals surface area contributed by atoms with Crippen molar-refractivity contribution in [1.29, 1.82) is 5.26 Å². The number of hydrogen-bond acceptors (Lipinski definition) is 2.